The van der Waals surface area contributed by atoms with Crippen molar-refractivity contribution in [2.45, 2.75) is 38.1 Å². The lowest BCUT2D eigenvalue weighted by atomic mass is 9.94. The normalized spacial score (nSPS) is 19.8. The third-order valence-corrected chi connectivity index (χ3v) is 4.53. The fourth-order valence-corrected chi connectivity index (χ4v) is 3.13. The van der Waals surface area contributed by atoms with Gasteiger partial charge in [-0.2, -0.15) is 0 Å². The number of likely N-dealkylation sites (tertiary alicyclic amines) is 1. The van der Waals surface area contributed by atoms with Crippen LogP contribution in [0.2, 0.25) is 0 Å². The molecule has 2 rings (SSSR count). The molecule has 2 amide bonds. The number of carbonyl (C=O) groups is 3. The van der Waals surface area contributed by atoms with E-state index in [0.717, 1.165) is 24.8 Å². The summed E-state index contributed by atoms with van der Waals surface area (Å²) in [5.41, 5.74) is 0.870. The van der Waals surface area contributed by atoms with E-state index in [9.17, 15) is 14.4 Å². The molecule has 0 radical (unpaired) electrons. The van der Waals surface area contributed by atoms with Crippen LogP contribution in [0.4, 0.5) is 0 Å². The molecule has 1 saturated heterocycles. The van der Waals surface area contributed by atoms with E-state index < -0.39 is 5.92 Å². The second-order valence-corrected chi connectivity index (χ2v) is 6.22. The minimum absolute atomic E-state index is 0.0351. The molecule has 2 atom stereocenters. The molecule has 1 N–H and O–H groups in total. The fourth-order valence-electron chi connectivity index (χ4n) is 3.13. The zero-order valence-corrected chi connectivity index (χ0v) is 14.7. The molecule has 1 aromatic rings. The summed E-state index contributed by atoms with van der Waals surface area (Å²) in [6.07, 6.45) is 6.35. The maximum Gasteiger partial charge on any atom is 0.305 e. The van der Waals surface area contributed by atoms with Crippen molar-refractivity contribution in [2.75, 3.05) is 20.7 Å². The average molecular weight is 347 g/mol. The van der Waals surface area contributed by atoms with E-state index >= 15 is 0 Å². The molecule has 0 aliphatic carbocycles. The van der Waals surface area contributed by atoms with Crippen molar-refractivity contribution >= 4 is 17.8 Å². The molecule has 2 heterocycles. The van der Waals surface area contributed by atoms with Gasteiger partial charge in [-0.1, -0.05) is 12.5 Å². The van der Waals surface area contributed by atoms with Gasteiger partial charge in [-0.25, -0.2) is 0 Å². The predicted octanol–water partition coefficient (Wildman–Crippen LogP) is 1.45. The molecular formula is C18H25N3O4. The van der Waals surface area contributed by atoms with Gasteiger partial charge in [0, 0.05) is 38.8 Å². The molecule has 7 heteroatoms. The summed E-state index contributed by atoms with van der Waals surface area (Å²) >= 11 is 0. The number of nitrogens with zero attached hydrogens (tertiary/aromatic N) is 2. The van der Waals surface area contributed by atoms with Crippen molar-refractivity contribution < 1.29 is 19.1 Å². The number of pyridine rings is 1. The number of rotatable bonds is 8. The lowest BCUT2D eigenvalue weighted by Gasteiger charge is -2.24. The molecule has 1 aromatic heterocycles. The molecule has 0 spiro atoms. The van der Waals surface area contributed by atoms with Gasteiger partial charge in [-0.15, -0.1) is 0 Å². The summed E-state index contributed by atoms with van der Waals surface area (Å²) in [5, 5.41) is 2.91. The van der Waals surface area contributed by atoms with Crippen LogP contribution in [0.25, 0.3) is 0 Å². The molecule has 0 saturated carbocycles. The smallest absolute Gasteiger partial charge is 0.305 e. The van der Waals surface area contributed by atoms with E-state index in [2.05, 4.69) is 15.0 Å². The van der Waals surface area contributed by atoms with E-state index in [-0.39, 0.29) is 30.2 Å². The number of esters is 1. The number of nitrogens with one attached hydrogen (secondary N) is 1. The molecule has 0 aromatic carbocycles. The fraction of sp³-hybridized carbons (Fsp3) is 0.556. The molecule has 25 heavy (non-hydrogen) atoms. The number of ether oxygens (including phenoxy) is 1. The molecular weight excluding hydrogens is 322 g/mol. The minimum atomic E-state index is -0.406. The Bertz CT molecular complexity index is 606. The summed E-state index contributed by atoms with van der Waals surface area (Å²) < 4.78 is 4.59. The summed E-state index contributed by atoms with van der Waals surface area (Å²) in [7, 11) is 3.10. The molecule has 0 unspecified atom stereocenters. The molecule has 1 aliphatic rings. The van der Waals surface area contributed by atoms with Gasteiger partial charge in [0.2, 0.25) is 11.8 Å². The van der Waals surface area contributed by atoms with Gasteiger partial charge < -0.3 is 15.0 Å². The van der Waals surface area contributed by atoms with Crippen LogP contribution in [0.15, 0.2) is 24.5 Å². The van der Waals surface area contributed by atoms with Crippen molar-refractivity contribution in [3.05, 3.63) is 30.1 Å². The van der Waals surface area contributed by atoms with Crippen LogP contribution in [0.1, 0.15) is 43.7 Å². The van der Waals surface area contributed by atoms with E-state index in [0.29, 0.717) is 13.0 Å². The van der Waals surface area contributed by atoms with Crippen LogP contribution >= 0.6 is 0 Å². The lowest BCUT2D eigenvalue weighted by Crippen LogP contribution is -2.35. The van der Waals surface area contributed by atoms with Crippen molar-refractivity contribution in [1.29, 1.82) is 0 Å². The standard InChI is InChI=1S/C18H25N3O4/c1-21-15(22)11-14(17(21)13-7-6-9-19-12-13)18(24)20-10-5-3-4-8-16(23)25-2/h6-7,9,12,14,17H,3-5,8,10-11H2,1-2H3,(H,20,24)/t14-,17+/m1/s1. The highest BCUT2D eigenvalue weighted by atomic mass is 16.5. The number of hydrogen-bond donors (Lipinski definition) is 1. The Morgan fingerprint density at radius 2 is 2.16 bits per heavy atom. The van der Waals surface area contributed by atoms with Gasteiger partial charge in [-0.3, -0.25) is 19.4 Å². The SMILES string of the molecule is COC(=O)CCCCCNC(=O)[C@@H]1CC(=O)N(C)[C@H]1c1cccnc1. The summed E-state index contributed by atoms with van der Waals surface area (Å²) in [4.78, 5) is 41.3. The van der Waals surface area contributed by atoms with Gasteiger partial charge in [0.05, 0.1) is 19.1 Å². The Balaban J connectivity index is 1.83. The predicted molar refractivity (Wildman–Crippen MR) is 91.3 cm³/mol. The summed E-state index contributed by atoms with van der Waals surface area (Å²) in [6, 6.07) is 3.42. The Labute approximate surface area is 147 Å². The highest BCUT2D eigenvalue weighted by molar-refractivity contribution is 5.90. The average Bonchev–Trinajstić information content (AvgIpc) is 2.93. The van der Waals surface area contributed by atoms with Crippen molar-refractivity contribution in [3.63, 3.8) is 0 Å². The highest BCUT2D eigenvalue weighted by Gasteiger charge is 2.42. The Hall–Kier alpha value is -2.44. The van der Waals surface area contributed by atoms with Crippen molar-refractivity contribution in [3.8, 4) is 0 Å². The first kappa shape index (κ1) is 18.9. The zero-order valence-electron chi connectivity index (χ0n) is 14.7. The largest absolute Gasteiger partial charge is 0.469 e. The zero-order chi connectivity index (χ0) is 18.2. The van der Waals surface area contributed by atoms with Crippen LogP contribution in [0, 0.1) is 5.92 Å². The number of hydrogen-bond acceptors (Lipinski definition) is 5. The van der Waals surface area contributed by atoms with Gasteiger partial charge in [0.25, 0.3) is 0 Å². The number of unbranched alkanes of at least 4 members (excludes halogenated alkanes) is 2. The summed E-state index contributed by atoms with van der Waals surface area (Å²) in [6.45, 7) is 0.536. The van der Waals surface area contributed by atoms with Gasteiger partial charge in [-0.05, 0) is 24.5 Å². The highest BCUT2D eigenvalue weighted by Crippen LogP contribution is 2.36. The first-order valence-corrected chi connectivity index (χ1v) is 8.54. The Kier molecular flexibility index (Phi) is 6.91. The minimum Gasteiger partial charge on any atom is -0.469 e. The topological polar surface area (TPSA) is 88.6 Å². The van der Waals surface area contributed by atoms with Gasteiger partial charge in [0.1, 0.15) is 0 Å². The van der Waals surface area contributed by atoms with Crippen LogP contribution in [0.5, 0.6) is 0 Å². The monoisotopic (exact) mass is 347 g/mol. The number of aromatic nitrogens is 1. The third kappa shape index (κ3) is 5.01. The quantitative estimate of drug-likeness (QED) is 0.568. The number of carbonyl (C=O) groups excluding carboxylic acids is 3. The first-order valence-electron chi connectivity index (χ1n) is 8.54. The molecule has 1 fully saturated rings. The van der Waals surface area contributed by atoms with Crippen molar-refractivity contribution in [2.24, 2.45) is 5.92 Å². The maximum absolute atomic E-state index is 12.5. The Morgan fingerprint density at radius 1 is 1.36 bits per heavy atom. The lowest BCUT2D eigenvalue weighted by molar-refractivity contribution is -0.140. The molecule has 1 aliphatic heterocycles. The second kappa shape index (κ2) is 9.15. The van der Waals surface area contributed by atoms with E-state index in [1.807, 2.05) is 12.1 Å². The van der Waals surface area contributed by atoms with Crippen LogP contribution < -0.4 is 5.32 Å². The molecule has 7 nitrogen and oxygen atoms in total. The maximum atomic E-state index is 12.5. The third-order valence-electron chi connectivity index (χ3n) is 4.53. The summed E-state index contributed by atoms with van der Waals surface area (Å²) in [5.74, 6) is -0.765. The molecule has 136 valence electrons. The van der Waals surface area contributed by atoms with Gasteiger partial charge >= 0.3 is 5.97 Å². The van der Waals surface area contributed by atoms with Crippen molar-refractivity contribution in [1.82, 2.24) is 15.2 Å². The van der Waals surface area contributed by atoms with E-state index in [1.54, 1.807) is 24.3 Å². The van der Waals surface area contributed by atoms with E-state index in [4.69, 9.17) is 0 Å². The second-order valence-electron chi connectivity index (χ2n) is 6.22. The van der Waals surface area contributed by atoms with Crippen LogP contribution in [0.3, 0.4) is 0 Å². The van der Waals surface area contributed by atoms with Gasteiger partial charge in [0.15, 0.2) is 0 Å². The first-order chi connectivity index (χ1) is 12.0. The number of methoxy groups -OCH3 is 1. The van der Waals surface area contributed by atoms with Crippen LogP contribution in [-0.4, -0.2) is 48.4 Å². The molecule has 0 bridgehead atoms. The van der Waals surface area contributed by atoms with Crippen LogP contribution in [-0.2, 0) is 19.1 Å². The number of amides is 2. The Morgan fingerprint density at radius 3 is 2.84 bits per heavy atom. The van der Waals surface area contributed by atoms with E-state index in [1.165, 1.54) is 7.11 Å².